The van der Waals surface area contributed by atoms with Crippen LogP contribution in [-0.4, -0.2) is 65.6 Å². The predicted octanol–water partition coefficient (Wildman–Crippen LogP) is 3.23. The molecule has 0 aliphatic carbocycles. The fraction of sp³-hybridized carbons (Fsp3) is 0.583. The number of likely N-dealkylation sites (tertiary alicyclic amines) is 1. The van der Waals surface area contributed by atoms with Gasteiger partial charge in [0.1, 0.15) is 5.54 Å². The Hall–Kier alpha value is -1.96. The van der Waals surface area contributed by atoms with Crippen molar-refractivity contribution >= 4 is 22.4 Å². The molecular weight excluding hydrogens is 408 g/mol. The summed E-state index contributed by atoms with van der Waals surface area (Å²) in [5.41, 5.74) is 2.26. The fourth-order valence-electron chi connectivity index (χ4n) is 6.31. The summed E-state index contributed by atoms with van der Waals surface area (Å²) in [6.07, 6.45) is 5.27. The number of amides is 1. The van der Waals surface area contributed by atoms with Crippen LogP contribution in [0, 0.1) is 12.8 Å². The molecule has 4 saturated heterocycles. The van der Waals surface area contributed by atoms with Crippen LogP contribution in [0.4, 0.5) is 5.13 Å². The Morgan fingerprint density at radius 1 is 1.23 bits per heavy atom. The molecule has 5 heterocycles. The largest absolute Gasteiger partial charge is 0.378 e. The van der Waals surface area contributed by atoms with Gasteiger partial charge in [-0.15, -0.1) is 11.3 Å². The number of aryl methyl sites for hydroxylation is 1. The number of thiazole rings is 1. The summed E-state index contributed by atoms with van der Waals surface area (Å²) in [7, 11) is 0. The van der Waals surface area contributed by atoms with Gasteiger partial charge in [0.05, 0.1) is 13.2 Å². The van der Waals surface area contributed by atoms with Crippen molar-refractivity contribution in [3.63, 3.8) is 0 Å². The van der Waals surface area contributed by atoms with Gasteiger partial charge in [-0.05, 0) is 43.9 Å². The van der Waals surface area contributed by atoms with Gasteiger partial charge in [-0.1, -0.05) is 24.3 Å². The van der Waals surface area contributed by atoms with E-state index in [1.54, 1.807) is 0 Å². The van der Waals surface area contributed by atoms with Crippen molar-refractivity contribution in [2.45, 2.75) is 44.3 Å². The molecule has 7 heteroatoms. The number of ether oxygens (including phenoxy) is 1. The Kier molecular flexibility index (Phi) is 4.81. The molecule has 164 valence electrons. The highest BCUT2D eigenvalue weighted by Crippen LogP contribution is 2.57. The number of benzene rings is 1. The van der Waals surface area contributed by atoms with Crippen molar-refractivity contribution in [1.29, 1.82) is 0 Å². The van der Waals surface area contributed by atoms with Crippen LogP contribution in [0.3, 0.4) is 0 Å². The van der Waals surface area contributed by atoms with E-state index in [2.05, 4.69) is 52.1 Å². The molecule has 4 fully saturated rings. The first kappa shape index (κ1) is 19.7. The average molecular weight is 439 g/mol. The molecule has 1 aromatic heterocycles. The second kappa shape index (κ2) is 7.57. The van der Waals surface area contributed by atoms with Crippen LogP contribution in [0.2, 0.25) is 0 Å². The predicted molar refractivity (Wildman–Crippen MR) is 121 cm³/mol. The van der Waals surface area contributed by atoms with Crippen molar-refractivity contribution in [1.82, 2.24) is 14.8 Å². The Balaban J connectivity index is 1.23. The number of rotatable bonds is 4. The molecule has 6 nitrogen and oxygen atoms in total. The van der Waals surface area contributed by atoms with Gasteiger partial charge in [0.25, 0.3) is 0 Å². The smallest absolute Gasteiger partial charge is 0.243 e. The Bertz CT molecular complexity index is 987. The van der Waals surface area contributed by atoms with Crippen LogP contribution >= 0.6 is 11.3 Å². The normalized spacial score (nSPS) is 30.8. The number of carbonyl (C=O) groups excluding carboxylic acids is 1. The first-order valence-electron chi connectivity index (χ1n) is 11.6. The van der Waals surface area contributed by atoms with E-state index >= 15 is 0 Å². The Morgan fingerprint density at radius 3 is 2.90 bits per heavy atom. The molecule has 1 aromatic carbocycles. The van der Waals surface area contributed by atoms with Gasteiger partial charge in [-0.25, -0.2) is 4.98 Å². The summed E-state index contributed by atoms with van der Waals surface area (Å²) < 4.78 is 5.49. The third kappa shape index (κ3) is 3.04. The molecule has 4 aliphatic heterocycles. The maximum absolute atomic E-state index is 13.8. The highest BCUT2D eigenvalue weighted by Gasteiger charge is 2.65. The third-order valence-electron chi connectivity index (χ3n) is 7.87. The molecule has 31 heavy (non-hydrogen) atoms. The molecular formula is C24H30N4O2S. The van der Waals surface area contributed by atoms with Crippen LogP contribution in [0.5, 0.6) is 0 Å². The summed E-state index contributed by atoms with van der Waals surface area (Å²) >= 11 is 1.82. The maximum Gasteiger partial charge on any atom is 0.243 e. The molecule has 0 bridgehead atoms. The fourth-order valence-corrected chi connectivity index (χ4v) is 7.40. The molecule has 3 atom stereocenters. The minimum atomic E-state index is -0.281. The van der Waals surface area contributed by atoms with Gasteiger partial charge in [0.2, 0.25) is 5.91 Å². The van der Waals surface area contributed by atoms with E-state index in [0.717, 1.165) is 70.3 Å². The van der Waals surface area contributed by atoms with Gasteiger partial charge in [0, 0.05) is 49.2 Å². The zero-order valence-electron chi connectivity index (χ0n) is 18.1. The van der Waals surface area contributed by atoms with Gasteiger partial charge < -0.3 is 14.5 Å². The number of aromatic nitrogens is 1. The second-order valence-corrected chi connectivity index (χ2v) is 10.5. The molecule has 1 amide bonds. The first-order chi connectivity index (χ1) is 15.2. The van der Waals surface area contributed by atoms with Crippen LogP contribution in [0.25, 0.3) is 0 Å². The summed E-state index contributed by atoms with van der Waals surface area (Å²) in [5, 5.41) is 1.11. The number of morpholine rings is 1. The van der Waals surface area contributed by atoms with Crippen LogP contribution in [0.1, 0.15) is 41.3 Å². The quantitative estimate of drug-likeness (QED) is 0.734. The standard InChI is InChI=1S/C24H30N4O2S/c1-17-5-2-3-6-18(17)15-27-16-19-13-20(28-8-4-7-24(19,28)22(27)29)21-14-25-23(31-21)26-9-11-30-12-10-26/h2-3,5-6,14,19-20H,4,7-13,15-16H2,1H3/t19?,20?,24-/m0/s1. The lowest BCUT2D eigenvalue weighted by Crippen LogP contribution is -2.49. The van der Waals surface area contributed by atoms with Crippen molar-refractivity contribution < 1.29 is 9.53 Å². The Labute approximate surface area is 187 Å². The monoisotopic (exact) mass is 438 g/mol. The van der Waals surface area contributed by atoms with Crippen LogP contribution in [0.15, 0.2) is 30.5 Å². The summed E-state index contributed by atoms with van der Waals surface area (Å²) in [6, 6.07) is 8.79. The zero-order chi connectivity index (χ0) is 21.0. The number of nitrogens with zero attached hydrogens (tertiary/aromatic N) is 4. The molecule has 2 aromatic rings. The topological polar surface area (TPSA) is 48.9 Å². The van der Waals surface area contributed by atoms with Crippen molar-refractivity contribution in [3.05, 3.63) is 46.5 Å². The maximum atomic E-state index is 13.8. The van der Waals surface area contributed by atoms with Crippen LogP contribution < -0.4 is 4.90 Å². The Morgan fingerprint density at radius 2 is 2.06 bits per heavy atom. The lowest BCUT2D eigenvalue weighted by molar-refractivity contribution is -0.137. The van der Waals surface area contributed by atoms with E-state index in [9.17, 15) is 4.79 Å². The second-order valence-electron chi connectivity index (χ2n) is 9.43. The number of anilines is 1. The number of hydrogen-bond donors (Lipinski definition) is 0. The summed E-state index contributed by atoms with van der Waals surface area (Å²) in [5.74, 6) is 0.782. The van der Waals surface area contributed by atoms with Gasteiger partial charge in [0.15, 0.2) is 5.13 Å². The molecule has 2 unspecified atom stereocenters. The van der Waals surface area contributed by atoms with E-state index in [0.29, 0.717) is 17.9 Å². The summed E-state index contributed by atoms with van der Waals surface area (Å²) in [6.45, 7) is 8.18. The van der Waals surface area contributed by atoms with Gasteiger partial charge in [-0.3, -0.25) is 9.69 Å². The number of carbonyl (C=O) groups is 1. The van der Waals surface area contributed by atoms with E-state index in [1.165, 1.54) is 16.0 Å². The van der Waals surface area contributed by atoms with Crippen LogP contribution in [-0.2, 0) is 16.1 Å². The van der Waals surface area contributed by atoms with E-state index in [1.807, 2.05) is 11.3 Å². The van der Waals surface area contributed by atoms with Gasteiger partial charge >= 0.3 is 0 Å². The summed E-state index contributed by atoms with van der Waals surface area (Å²) in [4.78, 5) is 26.9. The first-order valence-corrected chi connectivity index (χ1v) is 12.4. The van der Waals surface area contributed by atoms with E-state index in [-0.39, 0.29) is 5.54 Å². The molecule has 0 radical (unpaired) electrons. The SMILES string of the molecule is Cc1ccccc1CN1CC2CC(c3cnc(N4CCOCC4)s3)N3CCC[C@@]23C1=O. The van der Waals surface area contributed by atoms with Gasteiger partial charge in [-0.2, -0.15) is 0 Å². The number of hydrogen-bond acceptors (Lipinski definition) is 6. The minimum absolute atomic E-state index is 0.281. The molecule has 0 saturated carbocycles. The highest BCUT2D eigenvalue weighted by atomic mass is 32.1. The van der Waals surface area contributed by atoms with E-state index < -0.39 is 0 Å². The molecule has 0 N–H and O–H groups in total. The van der Waals surface area contributed by atoms with E-state index in [4.69, 9.17) is 9.72 Å². The zero-order valence-corrected chi connectivity index (χ0v) is 18.9. The van der Waals surface area contributed by atoms with Crippen molar-refractivity contribution in [2.24, 2.45) is 5.92 Å². The highest BCUT2D eigenvalue weighted by molar-refractivity contribution is 7.15. The molecule has 6 rings (SSSR count). The lowest BCUT2D eigenvalue weighted by Gasteiger charge is -2.33. The van der Waals surface area contributed by atoms with Crippen molar-refractivity contribution in [2.75, 3.05) is 44.3 Å². The van der Waals surface area contributed by atoms with Crippen molar-refractivity contribution in [3.8, 4) is 0 Å². The molecule has 4 aliphatic rings. The average Bonchev–Trinajstić information content (AvgIpc) is 3.54. The lowest BCUT2D eigenvalue weighted by atomic mass is 9.85. The molecule has 1 spiro atoms. The third-order valence-corrected chi connectivity index (χ3v) is 9.03. The minimum Gasteiger partial charge on any atom is -0.378 e.